The van der Waals surface area contributed by atoms with Crippen molar-refractivity contribution >= 4 is 21.6 Å². The molecule has 1 aromatic rings. The maximum atomic E-state index is 12.6. The average molecular weight is 345 g/mol. The minimum absolute atomic E-state index is 0.00961. The molecule has 0 atom stereocenters. The Labute approximate surface area is 138 Å². The second-order valence-electron chi connectivity index (χ2n) is 6.39. The molecule has 1 N–H and O–H groups in total. The normalized spacial score (nSPS) is 18.1. The minimum Gasteiger partial charge on any atom is -0.301 e. The number of halogens is 1. The van der Waals surface area contributed by atoms with Crippen LogP contribution in [-0.2, 0) is 10.0 Å². The molecule has 1 aromatic carbocycles. The van der Waals surface area contributed by atoms with E-state index in [0.717, 1.165) is 31.5 Å². The number of aryl methyl sites for hydroxylation is 2. The number of hydrogen-bond acceptors (Lipinski definition) is 3. The van der Waals surface area contributed by atoms with Crippen LogP contribution in [0, 0.1) is 13.8 Å². The summed E-state index contributed by atoms with van der Waals surface area (Å²) < 4.78 is 28.1. The summed E-state index contributed by atoms with van der Waals surface area (Å²) in [5.74, 6) is 0. The summed E-state index contributed by atoms with van der Waals surface area (Å²) in [6.07, 6.45) is 1.70. The molecule has 2 rings (SSSR count). The zero-order valence-corrected chi connectivity index (χ0v) is 15.3. The first-order valence-electron chi connectivity index (χ1n) is 7.74. The zero-order chi connectivity index (χ0) is 16.5. The number of rotatable bonds is 4. The van der Waals surface area contributed by atoms with Gasteiger partial charge < -0.3 is 4.90 Å². The maximum Gasteiger partial charge on any atom is 0.241 e. The second kappa shape index (κ2) is 6.87. The molecular weight excluding hydrogens is 320 g/mol. The molecule has 0 aromatic heterocycles. The lowest BCUT2D eigenvalue weighted by molar-refractivity contribution is 0.168. The van der Waals surface area contributed by atoms with E-state index in [1.54, 1.807) is 19.1 Å². The summed E-state index contributed by atoms with van der Waals surface area (Å²) in [4.78, 5) is 2.71. The summed E-state index contributed by atoms with van der Waals surface area (Å²) >= 11 is 6.05. The Morgan fingerprint density at radius 3 is 2.32 bits per heavy atom. The third-order valence-corrected chi connectivity index (χ3v) is 6.40. The Hall–Kier alpha value is -0.620. The van der Waals surface area contributed by atoms with Gasteiger partial charge in [0.2, 0.25) is 10.0 Å². The van der Waals surface area contributed by atoms with Gasteiger partial charge in [-0.05, 0) is 76.9 Å². The van der Waals surface area contributed by atoms with E-state index in [1.165, 1.54) is 0 Å². The Bertz CT molecular complexity index is 636. The molecule has 1 aliphatic heterocycles. The summed E-state index contributed by atoms with van der Waals surface area (Å²) in [6.45, 7) is 9.81. The number of sulfonamides is 1. The molecule has 0 amide bonds. The van der Waals surface area contributed by atoms with E-state index < -0.39 is 10.0 Å². The molecule has 1 fully saturated rings. The van der Waals surface area contributed by atoms with Gasteiger partial charge in [0.25, 0.3) is 0 Å². The van der Waals surface area contributed by atoms with Crippen LogP contribution < -0.4 is 4.72 Å². The van der Waals surface area contributed by atoms with Crippen molar-refractivity contribution in [2.75, 3.05) is 13.1 Å². The molecular formula is C16H25ClN2O2S. The average Bonchev–Trinajstić information content (AvgIpc) is 2.42. The lowest BCUT2D eigenvalue weighted by Gasteiger charge is -2.34. The highest BCUT2D eigenvalue weighted by Crippen LogP contribution is 2.24. The highest BCUT2D eigenvalue weighted by atomic mass is 35.5. The lowest BCUT2D eigenvalue weighted by Crippen LogP contribution is -2.46. The minimum atomic E-state index is -3.49. The predicted octanol–water partition coefficient (Wildman–Crippen LogP) is 3.11. The molecule has 0 unspecified atom stereocenters. The van der Waals surface area contributed by atoms with Crippen LogP contribution in [0.5, 0.6) is 0 Å². The van der Waals surface area contributed by atoms with Crippen molar-refractivity contribution in [3.05, 3.63) is 28.3 Å². The van der Waals surface area contributed by atoms with Crippen LogP contribution in [0.4, 0.5) is 0 Å². The van der Waals surface area contributed by atoms with Gasteiger partial charge in [0.05, 0.1) is 4.90 Å². The first-order valence-corrected chi connectivity index (χ1v) is 9.60. The van der Waals surface area contributed by atoms with Gasteiger partial charge in [-0.15, -0.1) is 0 Å². The van der Waals surface area contributed by atoms with Crippen LogP contribution in [0.2, 0.25) is 5.02 Å². The molecule has 1 heterocycles. The number of hydrogen-bond donors (Lipinski definition) is 1. The smallest absolute Gasteiger partial charge is 0.241 e. The number of nitrogens with one attached hydrogen (secondary N) is 1. The van der Waals surface area contributed by atoms with Crippen molar-refractivity contribution in [3.8, 4) is 0 Å². The molecule has 0 aliphatic carbocycles. The van der Waals surface area contributed by atoms with E-state index in [-0.39, 0.29) is 6.04 Å². The molecule has 0 bridgehead atoms. The van der Waals surface area contributed by atoms with Gasteiger partial charge >= 0.3 is 0 Å². The fraction of sp³-hybridized carbons (Fsp3) is 0.625. The van der Waals surface area contributed by atoms with E-state index in [1.807, 2.05) is 6.92 Å². The van der Waals surface area contributed by atoms with Gasteiger partial charge in [-0.2, -0.15) is 0 Å². The van der Waals surface area contributed by atoms with E-state index in [9.17, 15) is 8.42 Å². The fourth-order valence-electron chi connectivity index (χ4n) is 2.86. The number of nitrogens with zero attached hydrogens (tertiary/aromatic N) is 1. The van der Waals surface area contributed by atoms with Gasteiger partial charge in [0.15, 0.2) is 0 Å². The molecule has 1 saturated heterocycles. The molecule has 1 aliphatic rings. The van der Waals surface area contributed by atoms with Crippen molar-refractivity contribution < 1.29 is 8.42 Å². The molecule has 4 nitrogen and oxygen atoms in total. The SMILES string of the molecule is Cc1cc(S(=O)(=O)NC2CCN(C(C)C)CC2)c(C)cc1Cl. The first kappa shape index (κ1) is 17.7. The van der Waals surface area contributed by atoms with Crippen LogP contribution in [0.15, 0.2) is 17.0 Å². The van der Waals surface area contributed by atoms with E-state index in [0.29, 0.717) is 21.5 Å². The van der Waals surface area contributed by atoms with Crippen LogP contribution in [-0.4, -0.2) is 38.5 Å². The van der Waals surface area contributed by atoms with Gasteiger partial charge in [-0.3, -0.25) is 0 Å². The first-order chi connectivity index (χ1) is 10.2. The van der Waals surface area contributed by atoms with Crippen molar-refractivity contribution in [2.24, 2.45) is 0 Å². The molecule has 0 radical (unpaired) electrons. The quantitative estimate of drug-likeness (QED) is 0.913. The molecule has 0 saturated carbocycles. The van der Waals surface area contributed by atoms with Crippen LogP contribution in [0.3, 0.4) is 0 Å². The van der Waals surface area contributed by atoms with Crippen LogP contribution in [0.1, 0.15) is 37.8 Å². The summed E-state index contributed by atoms with van der Waals surface area (Å²) in [7, 11) is -3.49. The standard InChI is InChI=1S/C16H25ClN2O2S/c1-11(2)19-7-5-14(6-8-19)18-22(20,21)16-10-12(3)15(17)9-13(16)4/h9-11,14,18H,5-8H2,1-4H3. The third kappa shape index (κ3) is 4.02. The predicted molar refractivity (Wildman–Crippen MR) is 91.0 cm³/mol. The van der Waals surface area contributed by atoms with Gasteiger partial charge in [-0.25, -0.2) is 13.1 Å². The van der Waals surface area contributed by atoms with Gasteiger partial charge in [0, 0.05) is 17.1 Å². The lowest BCUT2D eigenvalue weighted by atomic mass is 10.1. The number of benzene rings is 1. The topological polar surface area (TPSA) is 49.4 Å². The van der Waals surface area contributed by atoms with E-state index in [2.05, 4.69) is 23.5 Å². The Morgan fingerprint density at radius 2 is 1.77 bits per heavy atom. The third-order valence-electron chi connectivity index (χ3n) is 4.33. The molecule has 0 spiro atoms. The number of likely N-dealkylation sites (tertiary alicyclic amines) is 1. The Balaban J connectivity index is 2.11. The molecule has 22 heavy (non-hydrogen) atoms. The molecule has 124 valence electrons. The summed E-state index contributed by atoms with van der Waals surface area (Å²) in [5.41, 5.74) is 1.46. The van der Waals surface area contributed by atoms with Crippen LogP contribution in [0.25, 0.3) is 0 Å². The Kier molecular flexibility index (Phi) is 5.54. The summed E-state index contributed by atoms with van der Waals surface area (Å²) in [6, 6.07) is 3.89. The highest BCUT2D eigenvalue weighted by Gasteiger charge is 2.26. The van der Waals surface area contributed by atoms with E-state index >= 15 is 0 Å². The largest absolute Gasteiger partial charge is 0.301 e. The second-order valence-corrected chi connectivity index (χ2v) is 8.48. The zero-order valence-electron chi connectivity index (χ0n) is 13.7. The molecule has 6 heteroatoms. The van der Waals surface area contributed by atoms with Gasteiger partial charge in [-0.1, -0.05) is 11.6 Å². The maximum absolute atomic E-state index is 12.6. The van der Waals surface area contributed by atoms with Crippen molar-refractivity contribution in [3.63, 3.8) is 0 Å². The Morgan fingerprint density at radius 1 is 1.18 bits per heavy atom. The van der Waals surface area contributed by atoms with E-state index in [4.69, 9.17) is 11.6 Å². The van der Waals surface area contributed by atoms with Crippen molar-refractivity contribution in [2.45, 2.75) is 57.5 Å². The highest BCUT2D eigenvalue weighted by molar-refractivity contribution is 7.89. The number of piperidine rings is 1. The van der Waals surface area contributed by atoms with Crippen molar-refractivity contribution in [1.29, 1.82) is 0 Å². The monoisotopic (exact) mass is 344 g/mol. The van der Waals surface area contributed by atoms with Crippen LogP contribution >= 0.6 is 11.6 Å². The van der Waals surface area contributed by atoms with Gasteiger partial charge in [0.1, 0.15) is 0 Å². The van der Waals surface area contributed by atoms with Crippen molar-refractivity contribution in [1.82, 2.24) is 9.62 Å². The fourth-order valence-corrected chi connectivity index (χ4v) is 4.70. The summed E-state index contributed by atoms with van der Waals surface area (Å²) in [5, 5.41) is 0.599.